The molecule has 0 aromatic heterocycles. The van der Waals surface area contributed by atoms with Crippen molar-refractivity contribution in [2.75, 3.05) is 12.3 Å². The van der Waals surface area contributed by atoms with Gasteiger partial charge in [-0.2, -0.15) is 11.8 Å². The topological polar surface area (TPSA) is 113 Å². The van der Waals surface area contributed by atoms with E-state index in [0.29, 0.717) is 6.42 Å². The smallest absolute Gasteiger partial charge is 0.324 e. The van der Waals surface area contributed by atoms with Crippen LogP contribution in [-0.2, 0) is 9.59 Å². The van der Waals surface area contributed by atoms with Crippen molar-refractivity contribution in [3.8, 4) is 0 Å². The van der Waals surface area contributed by atoms with Crippen molar-refractivity contribution in [3.05, 3.63) is 0 Å². The van der Waals surface area contributed by atoms with Gasteiger partial charge in [0.2, 0.25) is 5.91 Å². The van der Waals surface area contributed by atoms with Crippen molar-refractivity contribution in [1.29, 1.82) is 0 Å². The Hall–Kier alpha value is -1.28. The van der Waals surface area contributed by atoms with Crippen LogP contribution in [0.4, 0.5) is 4.79 Å². The van der Waals surface area contributed by atoms with Crippen LogP contribution in [0.2, 0.25) is 0 Å². The molecule has 4 N–H and O–H groups in total. The number of unbranched alkanes of at least 4 members (excludes halogenated alkanes) is 1. The number of aliphatic carboxylic acids is 1. The van der Waals surface area contributed by atoms with Crippen LogP contribution in [0.3, 0.4) is 0 Å². The average Bonchev–Trinajstić information content (AvgIpc) is 2.93. The maximum absolute atomic E-state index is 12.0. The molecule has 2 aliphatic rings. The number of carboxylic acids is 1. The number of fused-ring (bicyclic) bond motifs is 1. The second-order valence-corrected chi connectivity index (χ2v) is 6.63. The van der Waals surface area contributed by atoms with E-state index in [0.717, 1.165) is 18.6 Å². The lowest BCUT2D eigenvalue weighted by Gasteiger charge is -2.19. The highest BCUT2D eigenvalue weighted by Crippen LogP contribution is 2.37. The number of carboxylic acid groups (broad SMARTS) is 1. The lowest BCUT2D eigenvalue weighted by molar-refractivity contribution is -0.137. The number of urea groups is 1. The number of thioether (sulfide) groups is 1. The molecule has 0 aromatic rings. The maximum Gasteiger partial charge on any atom is 0.324 e. The highest BCUT2D eigenvalue weighted by atomic mass is 32.2. The Morgan fingerprint density at radius 2 is 2.14 bits per heavy atom. The number of rotatable bonds is 7. The zero-order valence-corrected chi connectivity index (χ0v) is 12.6. The molecule has 2 saturated heterocycles. The summed E-state index contributed by atoms with van der Waals surface area (Å²) in [5, 5.41) is 11.8. The van der Waals surface area contributed by atoms with Gasteiger partial charge in [0.1, 0.15) is 0 Å². The molecular weight excluding hydrogens is 294 g/mol. The summed E-state index contributed by atoms with van der Waals surface area (Å²) in [6.07, 6.45) is 2.69. The fraction of sp³-hybridized carbons (Fsp3) is 0.769. The molecule has 2 aliphatic heterocycles. The first-order chi connectivity index (χ1) is 10.0. The van der Waals surface area contributed by atoms with E-state index in [4.69, 9.17) is 10.8 Å². The van der Waals surface area contributed by atoms with Crippen molar-refractivity contribution in [3.63, 3.8) is 0 Å². The molecule has 0 aliphatic carbocycles. The SMILES string of the molecule is NCCC(=O)N1C(=O)NC2C1CS[C@H]2CCCCC(=O)O. The van der Waals surface area contributed by atoms with Gasteiger partial charge in [-0.3, -0.25) is 14.5 Å². The normalized spacial score (nSPS) is 27.6. The van der Waals surface area contributed by atoms with E-state index in [2.05, 4.69) is 5.32 Å². The average molecular weight is 315 g/mol. The summed E-state index contributed by atoms with van der Waals surface area (Å²) in [5.41, 5.74) is 5.38. The molecule has 2 fully saturated rings. The Bertz CT molecular complexity index is 432. The summed E-state index contributed by atoms with van der Waals surface area (Å²) in [7, 11) is 0. The number of carbonyl (C=O) groups excluding carboxylic acids is 2. The number of nitrogens with two attached hydrogens (primary N) is 1. The van der Waals surface area contributed by atoms with Crippen LogP contribution in [0.5, 0.6) is 0 Å². The second-order valence-electron chi connectivity index (χ2n) is 5.36. The summed E-state index contributed by atoms with van der Waals surface area (Å²) in [4.78, 5) is 35.7. The van der Waals surface area contributed by atoms with Gasteiger partial charge in [-0.25, -0.2) is 4.79 Å². The number of hydrogen-bond donors (Lipinski definition) is 3. The lowest BCUT2D eigenvalue weighted by atomic mass is 10.0. The minimum absolute atomic E-state index is 0.0194. The third-order valence-corrected chi connectivity index (χ3v) is 5.38. The molecule has 0 aromatic carbocycles. The van der Waals surface area contributed by atoms with E-state index in [1.807, 2.05) is 0 Å². The highest BCUT2D eigenvalue weighted by Gasteiger charge is 2.49. The number of imide groups is 1. The molecule has 2 heterocycles. The van der Waals surface area contributed by atoms with E-state index in [9.17, 15) is 14.4 Å². The van der Waals surface area contributed by atoms with Crippen LogP contribution in [0.15, 0.2) is 0 Å². The van der Waals surface area contributed by atoms with Gasteiger partial charge >= 0.3 is 12.0 Å². The van der Waals surface area contributed by atoms with Crippen LogP contribution < -0.4 is 11.1 Å². The van der Waals surface area contributed by atoms with Crippen LogP contribution in [0.25, 0.3) is 0 Å². The van der Waals surface area contributed by atoms with Crippen LogP contribution in [0.1, 0.15) is 32.1 Å². The van der Waals surface area contributed by atoms with E-state index >= 15 is 0 Å². The molecule has 3 atom stereocenters. The van der Waals surface area contributed by atoms with Gasteiger partial charge in [0.25, 0.3) is 0 Å². The molecule has 3 amide bonds. The molecule has 2 rings (SSSR count). The number of nitrogens with one attached hydrogen (secondary N) is 1. The van der Waals surface area contributed by atoms with Crippen molar-refractivity contribution in [1.82, 2.24) is 10.2 Å². The van der Waals surface area contributed by atoms with Gasteiger partial charge in [0, 0.05) is 30.4 Å². The first-order valence-electron chi connectivity index (χ1n) is 7.20. The largest absolute Gasteiger partial charge is 0.481 e. The third kappa shape index (κ3) is 3.68. The summed E-state index contributed by atoms with van der Waals surface area (Å²) in [5.74, 6) is -0.252. The maximum atomic E-state index is 12.0. The highest BCUT2D eigenvalue weighted by molar-refractivity contribution is 8.00. The molecule has 0 spiro atoms. The van der Waals surface area contributed by atoms with Gasteiger partial charge in [-0.15, -0.1) is 0 Å². The van der Waals surface area contributed by atoms with E-state index in [1.54, 1.807) is 11.8 Å². The first kappa shape index (κ1) is 16.1. The number of amides is 3. The van der Waals surface area contributed by atoms with Gasteiger partial charge in [-0.1, -0.05) is 6.42 Å². The van der Waals surface area contributed by atoms with Crippen molar-refractivity contribution < 1.29 is 19.5 Å². The Balaban J connectivity index is 1.86. The van der Waals surface area contributed by atoms with Crippen molar-refractivity contribution in [2.45, 2.75) is 49.4 Å². The van der Waals surface area contributed by atoms with E-state index < -0.39 is 5.97 Å². The fourth-order valence-corrected chi connectivity index (χ4v) is 4.48. The molecule has 118 valence electrons. The summed E-state index contributed by atoms with van der Waals surface area (Å²) < 4.78 is 0. The molecule has 0 saturated carbocycles. The molecule has 8 heteroatoms. The van der Waals surface area contributed by atoms with Crippen LogP contribution >= 0.6 is 11.8 Å². The van der Waals surface area contributed by atoms with Gasteiger partial charge in [0.15, 0.2) is 0 Å². The number of hydrogen-bond acceptors (Lipinski definition) is 5. The summed E-state index contributed by atoms with van der Waals surface area (Å²) in [6.45, 7) is 0.242. The Labute approximate surface area is 127 Å². The van der Waals surface area contributed by atoms with Crippen molar-refractivity contribution >= 4 is 29.7 Å². The standard InChI is InChI=1S/C13H21N3O4S/c14-6-5-10(17)16-8-7-21-9(12(8)15-13(16)20)3-1-2-4-11(18)19/h8-9,12H,1-7,14H2,(H,15,20)(H,18,19)/t8?,9-,12?/m0/s1. The Morgan fingerprint density at radius 3 is 2.81 bits per heavy atom. The third-order valence-electron chi connectivity index (χ3n) is 3.89. The molecular formula is C13H21N3O4S. The van der Waals surface area contributed by atoms with Gasteiger partial charge in [-0.05, 0) is 12.8 Å². The Kier molecular flexibility index (Phi) is 5.46. The Morgan fingerprint density at radius 1 is 1.38 bits per heavy atom. The minimum Gasteiger partial charge on any atom is -0.481 e. The number of nitrogens with zero attached hydrogens (tertiary/aromatic N) is 1. The molecule has 7 nitrogen and oxygen atoms in total. The van der Waals surface area contributed by atoms with Crippen molar-refractivity contribution in [2.24, 2.45) is 5.73 Å². The van der Waals surface area contributed by atoms with Gasteiger partial charge in [0.05, 0.1) is 12.1 Å². The molecule has 0 radical (unpaired) electrons. The second kappa shape index (κ2) is 7.13. The summed E-state index contributed by atoms with van der Waals surface area (Å²) in [6, 6.07) is -0.431. The summed E-state index contributed by atoms with van der Waals surface area (Å²) >= 11 is 1.75. The van der Waals surface area contributed by atoms with Gasteiger partial charge < -0.3 is 16.2 Å². The zero-order chi connectivity index (χ0) is 15.4. The van der Waals surface area contributed by atoms with E-state index in [-0.39, 0.29) is 48.7 Å². The predicted octanol–water partition coefficient (Wildman–Crippen LogP) is 0.385. The zero-order valence-electron chi connectivity index (χ0n) is 11.8. The quantitative estimate of drug-likeness (QED) is 0.462. The van der Waals surface area contributed by atoms with Crippen LogP contribution in [0, 0.1) is 0 Å². The fourth-order valence-electron chi connectivity index (χ4n) is 2.89. The lowest BCUT2D eigenvalue weighted by Crippen LogP contribution is -2.42. The van der Waals surface area contributed by atoms with Crippen LogP contribution in [-0.4, -0.2) is 57.5 Å². The predicted molar refractivity (Wildman–Crippen MR) is 79.0 cm³/mol. The monoisotopic (exact) mass is 315 g/mol. The molecule has 21 heavy (non-hydrogen) atoms. The number of carbonyl (C=O) groups is 3. The first-order valence-corrected chi connectivity index (χ1v) is 8.25. The molecule has 2 unspecified atom stereocenters. The molecule has 0 bridgehead atoms. The minimum atomic E-state index is -0.778. The van der Waals surface area contributed by atoms with E-state index in [1.165, 1.54) is 4.90 Å².